The number of alkyl halides is 2. The molecule has 0 bridgehead atoms. The highest BCUT2D eigenvalue weighted by Gasteiger charge is 2.25. The van der Waals surface area contributed by atoms with Crippen LogP contribution in [0, 0.1) is 11.8 Å². The van der Waals surface area contributed by atoms with Crippen molar-refractivity contribution in [3.05, 3.63) is 0 Å². The van der Waals surface area contributed by atoms with E-state index in [1.807, 2.05) is 9.80 Å². The van der Waals surface area contributed by atoms with Crippen LogP contribution in [0.5, 0.6) is 0 Å². The van der Waals surface area contributed by atoms with Gasteiger partial charge in [0.1, 0.15) is 0 Å². The van der Waals surface area contributed by atoms with Crippen molar-refractivity contribution in [3.63, 3.8) is 0 Å². The topological polar surface area (TPSA) is 40.6 Å². The second-order valence-corrected chi connectivity index (χ2v) is 8.69. The van der Waals surface area contributed by atoms with Crippen LogP contribution in [-0.4, -0.2) is 58.5 Å². The number of nitrogens with zero attached hydrogens (tertiary/aromatic N) is 2. The van der Waals surface area contributed by atoms with E-state index < -0.39 is 0 Å². The van der Waals surface area contributed by atoms with Crippen LogP contribution in [0.1, 0.15) is 51.4 Å². The summed E-state index contributed by atoms with van der Waals surface area (Å²) >= 11 is 6.69. The third-order valence-corrected chi connectivity index (χ3v) is 6.33. The standard InChI is InChI=1S/C18H30Br2N2O2/c19-9-3-17(23)21-11-5-15(6-12-21)1-2-16-7-13-22(14-8-16)18(24)4-10-20/h15-16H,1-14H2. The highest BCUT2D eigenvalue weighted by Crippen LogP contribution is 2.28. The minimum atomic E-state index is 0.297. The van der Waals surface area contributed by atoms with E-state index in [1.165, 1.54) is 12.8 Å². The lowest BCUT2D eigenvalue weighted by Gasteiger charge is -2.35. The van der Waals surface area contributed by atoms with Crippen LogP contribution in [0.25, 0.3) is 0 Å². The first-order chi connectivity index (χ1) is 11.6. The van der Waals surface area contributed by atoms with Gasteiger partial charge in [-0.3, -0.25) is 9.59 Å². The maximum absolute atomic E-state index is 11.9. The number of piperidine rings is 2. The van der Waals surface area contributed by atoms with Crippen LogP contribution in [0.15, 0.2) is 0 Å². The van der Waals surface area contributed by atoms with Gasteiger partial charge >= 0.3 is 0 Å². The molecular formula is C18H30Br2N2O2. The number of hydrogen-bond acceptors (Lipinski definition) is 2. The molecule has 0 atom stereocenters. The van der Waals surface area contributed by atoms with Crippen molar-refractivity contribution in [1.82, 2.24) is 9.80 Å². The smallest absolute Gasteiger partial charge is 0.223 e. The Morgan fingerprint density at radius 3 is 1.33 bits per heavy atom. The van der Waals surface area contributed by atoms with E-state index in [-0.39, 0.29) is 0 Å². The van der Waals surface area contributed by atoms with E-state index in [0.29, 0.717) is 24.7 Å². The number of hydrogen-bond donors (Lipinski definition) is 0. The van der Waals surface area contributed by atoms with Crippen LogP contribution in [0.4, 0.5) is 0 Å². The summed E-state index contributed by atoms with van der Waals surface area (Å²) < 4.78 is 0. The van der Waals surface area contributed by atoms with Crippen molar-refractivity contribution in [2.75, 3.05) is 36.8 Å². The fourth-order valence-electron chi connectivity index (χ4n) is 3.89. The van der Waals surface area contributed by atoms with Gasteiger partial charge in [0.05, 0.1) is 0 Å². The number of rotatable bonds is 7. The van der Waals surface area contributed by atoms with Gasteiger partial charge in [0, 0.05) is 49.7 Å². The quantitative estimate of drug-likeness (QED) is 0.536. The Kier molecular flexibility index (Phi) is 9.09. The van der Waals surface area contributed by atoms with Gasteiger partial charge in [-0.1, -0.05) is 44.7 Å². The number of likely N-dealkylation sites (tertiary alicyclic amines) is 2. The Morgan fingerprint density at radius 2 is 1.04 bits per heavy atom. The summed E-state index contributed by atoms with van der Waals surface area (Å²) in [5.74, 6) is 2.16. The second-order valence-electron chi connectivity index (χ2n) is 7.10. The Hall–Kier alpha value is -0.100. The number of halogens is 2. The van der Waals surface area contributed by atoms with Crippen molar-refractivity contribution in [2.45, 2.75) is 51.4 Å². The van der Waals surface area contributed by atoms with Crippen molar-refractivity contribution in [2.24, 2.45) is 11.8 Å². The van der Waals surface area contributed by atoms with Crippen LogP contribution in [0.3, 0.4) is 0 Å². The third-order valence-electron chi connectivity index (χ3n) is 5.53. The Bertz CT molecular complexity index is 366. The van der Waals surface area contributed by atoms with E-state index in [0.717, 1.165) is 74.4 Å². The Balaban J connectivity index is 1.60. The molecule has 0 aliphatic carbocycles. The SMILES string of the molecule is O=C(CCBr)N1CCC(CCC2CCN(C(=O)CCBr)CC2)CC1. The molecule has 24 heavy (non-hydrogen) atoms. The minimum Gasteiger partial charge on any atom is -0.343 e. The molecule has 2 aliphatic heterocycles. The molecule has 0 radical (unpaired) electrons. The molecular weight excluding hydrogens is 436 g/mol. The van der Waals surface area contributed by atoms with E-state index >= 15 is 0 Å². The predicted molar refractivity (Wildman–Crippen MR) is 105 cm³/mol. The minimum absolute atomic E-state index is 0.297. The maximum atomic E-state index is 11.9. The highest BCUT2D eigenvalue weighted by molar-refractivity contribution is 9.09. The molecule has 0 aromatic heterocycles. The fourth-order valence-corrected chi connectivity index (χ4v) is 4.57. The fraction of sp³-hybridized carbons (Fsp3) is 0.889. The lowest BCUT2D eigenvalue weighted by molar-refractivity contribution is -0.133. The monoisotopic (exact) mass is 464 g/mol. The molecule has 0 aromatic carbocycles. The van der Waals surface area contributed by atoms with E-state index in [4.69, 9.17) is 0 Å². The molecule has 138 valence electrons. The van der Waals surface area contributed by atoms with Gasteiger partial charge in [-0.15, -0.1) is 0 Å². The predicted octanol–water partition coefficient (Wildman–Crippen LogP) is 3.81. The van der Waals surface area contributed by atoms with Gasteiger partial charge in [0.15, 0.2) is 0 Å². The molecule has 2 fully saturated rings. The first kappa shape index (κ1) is 20.2. The van der Waals surface area contributed by atoms with Crippen molar-refractivity contribution < 1.29 is 9.59 Å². The van der Waals surface area contributed by atoms with Crippen LogP contribution < -0.4 is 0 Å². The van der Waals surface area contributed by atoms with Gasteiger partial charge in [-0.05, 0) is 37.5 Å². The van der Waals surface area contributed by atoms with E-state index in [2.05, 4.69) is 31.9 Å². The number of carbonyl (C=O) groups excluding carboxylic acids is 2. The average Bonchev–Trinajstić information content (AvgIpc) is 2.61. The molecule has 6 heteroatoms. The molecule has 0 saturated carbocycles. The molecule has 4 nitrogen and oxygen atoms in total. The lowest BCUT2D eigenvalue weighted by Crippen LogP contribution is -2.39. The first-order valence-electron chi connectivity index (χ1n) is 9.31. The van der Waals surface area contributed by atoms with Gasteiger partial charge in [-0.25, -0.2) is 0 Å². The van der Waals surface area contributed by atoms with Crippen molar-refractivity contribution in [3.8, 4) is 0 Å². The van der Waals surface area contributed by atoms with Crippen molar-refractivity contribution >= 4 is 43.7 Å². The first-order valence-corrected chi connectivity index (χ1v) is 11.6. The lowest BCUT2D eigenvalue weighted by atomic mass is 9.85. The highest BCUT2D eigenvalue weighted by atomic mass is 79.9. The molecule has 0 spiro atoms. The van der Waals surface area contributed by atoms with E-state index in [9.17, 15) is 9.59 Å². The molecule has 2 amide bonds. The molecule has 0 aromatic rings. The summed E-state index contributed by atoms with van der Waals surface area (Å²) in [5, 5.41) is 1.53. The van der Waals surface area contributed by atoms with E-state index in [1.54, 1.807) is 0 Å². The normalized spacial score (nSPS) is 20.4. The zero-order chi connectivity index (χ0) is 17.4. The van der Waals surface area contributed by atoms with Gasteiger partial charge in [-0.2, -0.15) is 0 Å². The molecule has 0 N–H and O–H groups in total. The molecule has 2 aliphatic rings. The van der Waals surface area contributed by atoms with Gasteiger partial charge < -0.3 is 9.80 Å². The summed E-state index contributed by atoms with van der Waals surface area (Å²) in [5.41, 5.74) is 0. The van der Waals surface area contributed by atoms with Crippen LogP contribution in [-0.2, 0) is 9.59 Å². The number of carbonyl (C=O) groups is 2. The van der Waals surface area contributed by atoms with Crippen LogP contribution >= 0.6 is 31.9 Å². The van der Waals surface area contributed by atoms with Gasteiger partial charge in [0.25, 0.3) is 0 Å². The Labute approximate surface area is 163 Å². The molecule has 0 unspecified atom stereocenters. The molecule has 2 heterocycles. The second kappa shape index (κ2) is 10.8. The number of amides is 2. The third kappa shape index (κ3) is 6.32. The van der Waals surface area contributed by atoms with Crippen molar-refractivity contribution in [1.29, 1.82) is 0 Å². The van der Waals surface area contributed by atoms with Gasteiger partial charge in [0.2, 0.25) is 11.8 Å². The zero-order valence-corrected chi connectivity index (χ0v) is 17.7. The summed E-state index contributed by atoms with van der Waals surface area (Å²) in [6, 6.07) is 0. The largest absolute Gasteiger partial charge is 0.343 e. The summed E-state index contributed by atoms with van der Waals surface area (Å²) in [6.07, 6.45) is 8.48. The Morgan fingerprint density at radius 1 is 0.708 bits per heavy atom. The zero-order valence-electron chi connectivity index (χ0n) is 14.5. The average molecular weight is 466 g/mol. The summed E-state index contributed by atoms with van der Waals surface area (Å²) in [4.78, 5) is 27.9. The maximum Gasteiger partial charge on any atom is 0.223 e. The summed E-state index contributed by atoms with van der Waals surface area (Å²) in [6.45, 7) is 3.76. The summed E-state index contributed by atoms with van der Waals surface area (Å²) in [7, 11) is 0. The molecule has 2 saturated heterocycles. The molecule has 2 rings (SSSR count). The van der Waals surface area contributed by atoms with Crippen LogP contribution in [0.2, 0.25) is 0 Å².